The molecule has 7 nitrogen and oxygen atoms in total. The van der Waals surface area contributed by atoms with Gasteiger partial charge in [0, 0.05) is 18.0 Å². The number of ether oxygens (including phenoxy) is 1. The predicted molar refractivity (Wildman–Crippen MR) is 100 cm³/mol. The summed E-state index contributed by atoms with van der Waals surface area (Å²) in [5.74, 6) is 0.394. The molecule has 0 fully saturated rings. The van der Waals surface area contributed by atoms with Crippen molar-refractivity contribution in [3.05, 3.63) is 59.0 Å². The van der Waals surface area contributed by atoms with Crippen molar-refractivity contribution in [1.82, 2.24) is 0 Å². The number of nitrogens with one attached hydrogen (secondary N) is 2. The highest BCUT2D eigenvalue weighted by Gasteiger charge is 2.22. The lowest BCUT2D eigenvalue weighted by Crippen LogP contribution is -2.20. The highest BCUT2D eigenvalue weighted by Crippen LogP contribution is 2.30. The molecule has 2 aromatic carbocycles. The van der Waals surface area contributed by atoms with E-state index in [4.69, 9.17) is 9.15 Å². The minimum absolute atomic E-state index is 0.0214. The van der Waals surface area contributed by atoms with Crippen molar-refractivity contribution in [2.75, 3.05) is 23.7 Å². The van der Waals surface area contributed by atoms with Gasteiger partial charge in [-0.05, 0) is 31.2 Å². The van der Waals surface area contributed by atoms with Gasteiger partial charge in [0.05, 0.1) is 17.7 Å². The average Bonchev–Trinajstić information content (AvgIpc) is 2.64. The van der Waals surface area contributed by atoms with E-state index in [1.807, 2.05) is 6.92 Å². The summed E-state index contributed by atoms with van der Waals surface area (Å²) >= 11 is 0. The molecule has 0 amide bonds. The zero-order chi connectivity index (χ0) is 18.7. The topological polar surface area (TPSA) is 97.6 Å². The van der Waals surface area contributed by atoms with E-state index in [2.05, 4.69) is 10.0 Å². The molecule has 3 rings (SSSR count). The summed E-state index contributed by atoms with van der Waals surface area (Å²) in [4.78, 5) is 12.4. The summed E-state index contributed by atoms with van der Waals surface area (Å²) in [6, 6.07) is 12.9. The maximum atomic E-state index is 12.7. The van der Waals surface area contributed by atoms with Gasteiger partial charge in [-0.3, -0.25) is 4.72 Å². The Bertz CT molecular complexity index is 1110. The quantitative estimate of drug-likeness (QED) is 0.644. The van der Waals surface area contributed by atoms with E-state index in [-0.39, 0.29) is 10.6 Å². The Morgan fingerprint density at radius 2 is 1.85 bits per heavy atom. The highest BCUT2D eigenvalue weighted by molar-refractivity contribution is 7.92. The van der Waals surface area contributed by atoms with Crippen molar-refractivity contribution < 1.29 is 17.6 Å². The van der Waals surface area contributed by atoms with Gasteiger partial charge in [-0.25, -0.2) is 13.2 Å². The Hall–Kier alpha value is -3.00. The summed E-state index contributed by atoms with van der Waals surface area (Å²) in [5.41, 5.74) is -0.178. The Kier molecular flexibility index (Phi) is 4.85. The minimum Gasteiger partial charge on any atom is -0.497 e. The van der Waals surface area contributed by atoms with Crippen LogP contribution in [0, 0.1) is 0 Å². The van der Waals surface area contributed by atoms with Crippen LogP contribution >= 0.6 is 0 Å². The third kappa shape index (κ3) is 3.36. The molecule has 26 heavy (non-hydrogen) atoms. The molecule has 3 aromatic rings. The van der Waals surface area contributed by atoms with Crippen LogP contribution in [0.2, 0.25) is 0 Å². The number of fused-ring (bicyclic) bond motifs is 1. The maximum Gasteiger partial charge on any atom is 0.363 e. The van der Waals surface area contributed by atoms with E-state index in [0.29, 0.717) is 29.0 Å². The number of benzene rings is 2. The zero-order valence-electron chi connectivity index (χ0n) is 14.3. The van der Waals surface area contributed by atoms with Gasteiger partial charge in [0.1, 0.15) is 11.3 Å². The van der Waals surface area contributed by atoms with Crippen LogP contribution in [0.5, 0.6) is 5.75 Å². The predicted octanol–water partition coefficient (Wildman–Crippen LogP) is 3.03. The first kappa shape index (κ1) is 17.8. The second kappa shape index (κ2) is 7.09. The first-order valence-corrected chi connectivity index (χ1v) is 9.41. The van der Waals surface area contributed by atoms with E-state index >= 15 is 0 Å². The fraction of sp³-hybridized carbons (Fsp3) is 0.167. The molecule has 8 heteroatoms. The van der Waals surface area contributed by atoms with Crippen LogP contribution in [0.3, 0.4) is 0 Å². The fourth-order valence-corrected chi connectivity index (χ4v) is 3.67. The molecule has 0 bridgehead atoms. The number of methoxy groups -OCH3 is 1. The van der Waals surface area contributed by atoms with Crippen LogP contribution in [0.1, 0.15) is 6.92 Å². The van der Waals surface area contributed by atoms with Crippen LogP contribution in [0.25, 0.3) is 11.0 Å². The van der Waals surface area contributed by atoms with Gasteiger partial charge < -0.3 is 14.5 Å². The van der Waals surface area contributed by atoms with Crippen LogP contribution in [-0.2, 0) is 10.0 Å². The van der Waals surface area contributed by atoms with Crippen LogP contribution in [-0.4, -0.2) is 22.1 Å². The van der Waals surface area contributed by atoms with Gasteiger partial charge >= 0.3 is 5.63 Å². The molecular weight excluding hydrogens is 356 g/mol. The van der Waals surface area contributed by atoms with Gasteiger partial charge in [0.25, 0.3) is 10.0 Å². The molecule has 0 saturated carbocycles. The lowest BCUT2D eigenvalue weighted by atomic mass is 10.2. The summed E-state index contributed by atoms with van der Waals surface area (Å²) in [7, 11) is -2.56. The van der Waals surface area contributed by atoms with Crippen LogP contribution in [0.4, 0.5) is 11.4 Å². The SMILES string of the molecule is CCNc1c(NS(=O)(=O)c2cccc(OC)c2)c(=O)oc2ccccc12. The van der Waals surface area contributed by atoms with Gasteiger partial charge in [0.2, 0.25) is 0 Å². The maximum absolute atomic E-state index is 12.7. The van der Waals surface area contributed by atoms with Crippen molar-refractivity contribution in [3.63, 3.8) is 0 Å². The summed E-state index contributed by atoms with van der Waals surface area (Å²) < 4.78 is 38.1. The number of sulfonamides is 1. The normalized spacial score (nSPS) is 11.3. The third-order valence-electron chi connectivity index (χ3n) is 3.75. The van der Waals surface area contributed by atoms with E-state index in [1.165, 1.54) is 19.2 Å². The Morgan fingerprint density at radius 1 is 1.08 bits per heavy atom. The molecule has 0 atom stereocenters. The molecule has 1 heterocycles. The largest absolute Gasteiger partial charge is 0.497 e. The van der Waals surface area contributed by atoms with Gasteiger partial charge in [-0.15, -0.1) is 0 Å². The Labute approximate surface area is 150 Å². The summed E-state index contributed by atoms with van der Waals surface area (Å²) in [6.07, 6.45) is 0. The monoisotopic (exact) mass is 374 g/mol. The second-order valence-corrected chi connectivity index (χ2v) is 7.13. The average molecular weight is 374 g/mol. The fourth-order valence-electron chi connectivity index (χ4n) is 2.56. The van der Waals surface area contributed by atoms with Gasteiger partial charge in [-0.2, -0.15) is 0 Å². The van der Waals surface area contributed by atoms with Gasteiger partial charge in [-0.1, -0.05) is 18.2 Å². The van der Waals surface area contributed by atoms with Crippen molar-refractivity contribution in [3.8, 4) is 5.75 Å². The summed E-state index contributed by atoms with van der Waals surface area (Å²) in [5, 5.41) is 3.65. The van der Waals surface area contributed by atoms with Crippen molar-refractivity contribution in [2.24, 2.45) is 0 Å². The number of anilines is 2. The molecule has 2 N–H and O–H groups in total. The van der Waals surface area contributed by atoms with E-state index < -0.39 is 15.6 Å². The molecule has 0 unspecified atom stereocenters. The number of hydrogen-bond donors (Lipinski definition) is 2. The molecule has 0 aliphatic heterocycles. The van der Waals surface area contributed by atoms with E-state index in [1.54, 1.807) is 36.4 Å². The van der Waals surface area contributed by atoms with Crippen LogP contribution in [0.15, 0.2) is 62.6 Å². The van der Waals surface area contributed by atoms with Crippen molar-refractivity contribution in [1.29, 1.82) is 0 Å². The number of rotatable bonds is 6. The van der Waals surface area contributed by atoms with E-state index in [0.717, 1.165) is 0 Å². The smallest absolute Gasteiger partial charge is 0.363 e. The molecular formula is C18H18N2O5S. The minimum atomic E-state index is -4.01. The van der Waals surface area contributed by atoms with Crippen molar-refractivity contribution >= 4 is 32.4 Å². The third-order valence-corrected chi connectivity index (χ3v) is 5.10. The second-order valence-electron chi connectivity index (χ2n) is 5.45. The van der Waals surface area contributed by atoms with Gasteiger partial charge in [0.15, 0.2) is 5.69 Å². The first-order valence-electron chi connectivity index (χ1n) is 7.93. The lowest BCUT2D eigenvalue weighted by Gasteiger charge is -2.14. The van der Waals surface area contributed by atoms with Crippen molar-refractivity contribution in [2.45, 2.75) is 11.8 Å². The zero-order valence-corrected chi connectivity index (χ0v) is 15.1. The highest BCUT2D eigenvalue weighted by atomic mass is 32.2. The Morgan fingerprint density at radius 3 is 2.58 bits per heavy atom. The molecule has 1 aromatic heterocycles. The summed E-state index contributed by atoms with van der Waals surface area (Å²) in [6.45, 7) is 2.35. The molecule has 0 aliphatic carbocycles. The molecule has 136 valence electrons. The number of hydrogen-bond acceptors (Lipinski definition) is 6. The number of para-hydroxylation sites is 1. The standard InChI is InChI=1S/C18H18N2O5S/c1-3-19-16-14-9-4-5-10-15(14)25-18(21)17(16)20-26(22,23)13-8-6-7-12(11-13)24-2/h4-11,19-20H,3H2,1-2H3. The molecule has 0 aliphatic rings. The molecule has 0 spiro atoms. The van der Waals surface area contributed by atoms with Crippen LogP contribution < -0.4 is 20.4 Å². The first-order chi connectivity index (χ1) is 12.5. The molecule has 0 saturated heterocycles. The molecule has 0 radical (unpaired) electrons. The lowest BCUT2D eigenvalue weighted by molar-refractivity contribution is 0.413. The Balaban J connectivity index is 2.14. The van der Waals surface area contributed by atoms with E-state index in [9.17, 15) is 13.2 Å².